The summed E-state index contributed by atoms with van der Waals surface area (Å²) < 4.78 is 0. The van der Waals surface area contributed by atoms with Gasteiger partial charge in [0.25, 0.3) is 0 Å². The van der Waals surface area contributed by atoms with E-state index >= 15 is 0 Å². The molecule has 1 nitrogen and oxygen atoms in total. The second kappa shape index (κ2) is 7.78. The minimum absolute atomic E-state index is 0.189. The van der Waals surface area contributed by atoms with Crippen molar-refractivity contribution in [3.8, 4) is 0 Å². The van der Waals surface area contributed by atoms with Crippen LogP contribution in [0.1, 0.15) is 53.2 Å². The maximum Gasteiger partial charge on any atom is 0.167 e. The zero-order chi connectivity index (χ0) is 15.1. The van der Waals surface area contributed by atoms with E-state index in [1.807, 2.05) is 31.2 Å². The predicted octanol–water partition coefficient (Wildman–Crippen LogP) is 5.15. The molecule has 0 atom stereocenters. The third-order valence-corrected chi connectivity index (χ3v) is 3.83. The molecule has 1 heteroatoms. The highest BCUT2D eigenvalue weighted by Gasteiger charge is 2.06. The highest BCUT2D eigenvalue weighted by molar-refractivity contribution is 5.97. The van der Waals surface area contributed by atoms with Gasteiger partial charge in [0.2, 0.25) is 0 Å². The number of hydrogen-bond donors (Lipinski definition) is 0. The SMILES string of the molecule is CCCCCc1ccc(CC(=O)c2ccc(C)cc2)cc1. The largest absolute Gasteiger partial charge is 0.294 e. The Morgan fingerprint density at radius 1 is 0.857 bits per heavy atom. The standard InChI is InChI=1S/C20H24O/c1-3-4-5-6-17-9-11-18(12-10-17)15-20(21)19-13-7-16(2)8-14-19/h7-14H,3-6,15H2,1-2H3. The minimum atomic E-state index is 0.189. The van der Waals surface area contributed by atoms with Gasteiger partial charge in [-0.2, -0.15) is 0 Å². The number of carbonyl (C=O) groups is 1. The molecular formula is C20H24O. The molecule has 110 valence electrons. The topological polar surface area (TPSA) is 17.1 Å². The van der Waals surface area contributed by atoms with E-state index in [0.717, 1.165) is 17.5 Å². The molecule has 0 N–H and O–H groups in total. The Kier molecular flexibility index (Phi) is 5.74. The van der Waals surface area contributed by atoms with Gasteiger partial charge < -0.3 is 0 Å². The van der Waals surface area contributed by atoms with Gasteiger partial charge in [-0.1, -0.05) is 73.9 Å². The van der Waals surface area contributed by atoms with Crippen LogP contribution in [-0.2, 0) is 12.8 Å². The molecule has 0 aliphatic rings. The van der Waals surface area contributed by atoms with Crippen molar-refractivity contribution in [1.82, 2.24) is 0 Å². The summed E-state index contributed by atoms with van der Waals surface area (Å²) in [5.41, 5.74) is 4.45. The number of hydrogen-bond acceptors (Lipinski definition) is 1. The zero-order valence-electron chi connectivity index (χ0n) is 13.1. The van der Waals surface area contributed by atoms with Gasteiger partial charge in [0.05, 0.1) is 0 Å². The Bertz CT molecular complexity index is 564. The molecule has 0 unspecified atom stereocenters. The molecule has 2 aromatic carbocycles. The molecule has 2 aromatic rings. The van der Waals surface area contributed by atoms with Crippen LogP contribution in [0, 0.1) is 6.92 Å². The van der Waals surface area contributed by atoms with Gasteiger partial charge in [-0.15, -0.1) is 0 Å². The molecule has 0 heterocycles. The van der Waals surface area contributed by atoms with E-state index in [1.54, 1.807) is 0 Å². The quantitative estimate of drug-likeness (QED) is 0.506. The number of benzene rings is 2. The molecule has 0 bridgehead atoms. The highest BCUT2D eigenvalue weighted by atomic mass is 16.1. The van der Waals surface area contributed by atoms with Crippen LogP contribution in [-0.4, -0.2) is 5.78 Å². The van der Waals surface area contributed by atoms with Crippen molar-refractivity contribution in [1.29, 1.82) is 0 Å². The predicted molar refractivity (Wildman–Crippen MR) is 88.9 cm³/mol. The third-order valence-electron chi connectivity index (χ3n) is 3.83. The van der Waals surface area contributed by atoms with Crippen LogP contribution in [0.2, 0.25) is 0 Å². The Balaban J connectivity index is 1.93. The number of rotatable bonds is 7. The van der Waals surface area contributed by atoms with Gasteiger partial charge in [-0.05, 0) is 30.9 Å². The van der Waals surface area contributed by atoms with E-state index in [9.17, 15) is 4.79 Å². The normalized spacial score (nSPS) is 10.6. The van der Waals surface area contributed by atoms with Gasteiger partial charge in [-0.25, -0.2) is 0 Å². The Hall–Kier alpha value is -1.89. The first-order valence-electron chi connectivity index (χ1n) is 7.86. The molecule has 0 saturated heterocycles. The summed E-state index contributed by atoms with van der Waals surface area (Å²) in [6.07, 6.45) is 5.41. The molecule has 0 aromatic heterocycles. The maximum atomic E-state index is 12.2. The molecule has 0 radical (unpaired) electrons. The summed E-state index contributed by atoms with van der Waals surface area (Å²) in [6.45, 7) is 4.26. The minimum Gasteiger partial charge on any atom is -0.294 e. The first kappa shape index (κ1) is 15.5. The van der Waals surface area contributed by atoms with Crippen LogP contribution < -0.4 is 0 Å². The van der Waals surface area contributed by atoms with Crippen molar-refractivity contribution < 1.29 is 4.79 Å². The fourth-order valence-corrected chi connectivity index (χ4v) is 2.43. The average Bonchev–Trinajstić information content (AvgIpc) is 2.50. The molecule has 0 spiro atoms. The lowest BCUT2D eigenvalue weighted by atomic mass is 10.00. The van der Waals surface area contributed by atoms with Crippen LogP contribution >= 0.6 is 0 Å². The first-order valence-corrected chi connectivity index (χ1v) is 7.86. The van der Waals surface area contributed by atoms with Crippen LogP contribution in [0.4, 0.5) is 0 Å². The Morgan fingerprint density at radius 2 is 1.48 bits per heavy atom. The van der Waals surface area contributed by atoms with Crippen molar-refractivity contribution in [3.63, 3.8) is 0 Å². The monoisotopic (exact) mass is 280 g/mol. The van der Waals surface area contributed by atoms with Crippen molar-refractivity contribution in [2.45, 2.75) is 46.0 Å². The van der Waals surface area contributed by atoms with Crippen molar-refractivity contribution in [2.24, 2.45) is 0 Å². The molecule has 0 amide bonds. The zero-order valence-corrected chi connectivity index (χ0v) is 13.1. The summed E-state index contributed by atoms with van der Waals surface area (Å²) in [7, 11) is 0. The average molecular weight is 280 g/mol. The first-order chi connectivity index (χ1) is 10.2. The fourth-order valence-electron chi connectivity index (χ4n) is 2.43. The van der Waals surface area contributed by atoms with Crippen molar-refractivity contribution >= 4 is 5.78 Å². The molecule has 0 aliphatic heterocycles. The van der Waals surface area contributed by atoms with Gasteiger partial charge >= 0.3 is 0 Å². The summed E-state index contributed by atoms with van der Waals surface area (Å²) in [5, 5.41) is 0. The number of aryl methyl sites for hydroxylation is 2. The van der Waals surface area contributed by atoms with E-state index < -0.39 is 0 Å². The van der Waals surface area contributed by atoms with E-state index in [0.29, 0.717) is 6.42 Å². The molecule has 2 rings (SSSR count). The van der Waals surface area contributed by atoms with E-state index in [-0.39, 0.29) is 5.78 Å². The summed E-state index contributed by atoms with van der Waals surface area (Å²) in [6, 6.07) is 16.3. The van der Waals surface area contributed by atoms with Crippen LogP contribution in [0.3, 0.4) is 0 Å². The lowest BCUT2D eigenvalue weighted by Crippen LogP contribution is -2.03. The Morgan fingerprint density at radius 3 is 2.10 bits per heavy atom. The fraction of sp³-hybridized carbons (Fsp3) is 0.350. The van der Waals surface area contributed by atoms with Crippen molar-refractivity contribution in [2.75, 3.05) is 0 Å². The second-order valence-corrected chi connectivity index (χ2v) is 5.74. The Labute approximate surface area is 128 Å². The van der Waals surface area contributed by atoms with Crippen LogP contribution in [0.25, 0.3) is 0 Å². The molecule has 21 heavy (non-hydrogen) atoms. The number of Topliss-reactive ketones (excluding diaryl/α,β-unsaturated/α-hetero) is 1. The lowest BCUT2D eigenvalue weighted by molar-refractivity contribution is 0.0993. The van der Waals surface area contributed by atoms with Crippen LogP contribution in [0.5, 0.6) is 0 Å². The summed E-state index contributed by atoms with van der Waals surface area (Å²) >= 11 is 0. The van der Waals surface area contributed by atoms with Gasteiger partial charge in [0.15, 0.2) is 5.78 Å². The summed E-state index contributed by atoms with van der Waals surface area (Å²) in [4.78, 5) is 12.2. The van der Waals surface area contributed by atoms with E-state index in [2.05, 4.69) is 31.2 Å². The number of ketones is 1. The highest BCUT2D eigenvalue weighted by Crippen LogP contribution is 2.12. The second-order valence-electron chi connectivity index (χ2n) is 5.74. The smallest absolute Gasteiger partial charge is 0.167 e. The van der Waals surface area contributed by atoms with Crippen molar-refractivity contribution in [3.05, 3.63) is 70.8 Å². The number of unbranched alkanes of at least 4 members (excludes halogenated alkanes) is 2. The molecular weight excluding hydrogens is 256 g/mol. The van der Waals surface area contributed by atoms with E-state index in [4.69, 9.17) is 0 Å². The van der Waals surface area contributed by atoms with Crippen LogP contribution in [0.15, 0.2) is 48.5 Å². The van der Waals surface area contributed by atoms with Gasteiger partial charge in [0, 0.05) is 12.0 Å². The van der Waals surface area contributed by atoms with Gasteiger partial charge in [0.1, 0.15) is 0 Å². The molecule has 0 saturated carbocycles. The molecule has 0 fully saturated rings. The van der Waals surface area contributed by atoms with E-state index in [1.165, 1.54) is 30.4 Å². The lowest BCUT2D eigenvalue weighted by Gasteiger charge is -2.05. The number of carbonyl (C=O) groups excluding carboxylic acids is 1. The summed E-state index contributed by atoms with van der Waals surface area (Å²) in [5.74, 6) is 0.189. The maximum absolute atomic E-state index is 12.2. The van der Waals surface area contributed by atoms with Gasteiger partial charge in [-0.3, -0.25) is 4.79 Å². The molecule has 0 aliphatic carbocycles. The third kappa shape index (κ3) is 4.86.